The number of anilines is 1. The van der Waals surface area contributed by atoms with Crippen LogP contribution in [0.15, 0.2) is 53.5 Å². The van der Waals surface area contributed by atoms with Crippen molar-refractivity contribution < 1.29 is 28.7 Å². The van der Waals surface area contributed by atoms with Gasteiger partial charge in [0, 0.05) is 25.7 Å². The lowest BCUT2D eigenvalue weighted by molar-refractivity contribution is -0.140. The second-order valence-corrected chi connectivity index (χ2v) is 7.61. The summed E-state index contributed by atoms with van der Waals surface area (Å²) in [5.74, 6) is -3.36. The molecule has 35 heavy (non-hydrogen) atoms. The lowest BCUT2D eigenvalue weighted by atomic mass is 10.1. The van der Waals surface area contributed by atoms with Gasteiger partial charge in [0.2, 0.25) is 5.91 Å². The number of amides is 3. The lowest BCUT2D eigenvalue weighted by Gasteiger charge is -2.31. The fourth-order valence-corrected chi connectivity index (χ4v) is 3.50. The molecule has 1 atom stereocenters. The number of halogens is 1. The molecule has 3 amide bonds. The number of carboxylic acids is 1. The van der Waals surface area contributed by atoms with Gasteiger partial charge in [0.15, 0.2) is 5.78 Å². The van der Waals surface area contributed by atoms with Crippen LogP contribution < -0.4 is 15.9 Å². The van der Waals surface area contributed by atoms with E-state index in [2.05, 4.69) is 5.32 Å². The van der Waals surface area contributed by atoms with Gasteiger partial charge < -0.3 is 15.3 Å². The van der Waals surface area contributed by atoms with E-state index in [9.17, 15) is 33.5 Å². The van der Waals surface area contributed by atoms with Crippen LogP contribution in [0.5, 0.6) is 0 Å². The van der Waals surface area contributed by atoms with Gasteiger partial charge in [-0.15, -0.1) is 0 Å². The molecule has 2 N–H and O–H groups in total. The summed E-state index contributed by atoms with van der Waals surface area (Å²) in [6.45, 7) is 2.78. The average molecular weight is 489 g/mol. The summed E-state index contributed by atoms with van der Waals surface area (Å²) in [6.07, 6.45) is 0.327. The molecule has 0 fully saturated rings. The van der Waals surface area contributed by atoms with Crippen LogP contribution in [0.3, 0.4) is 0 Å². The molecular formula is C24H29FN4O6. The van der Waals surface area contributed by atoms with Crippen molar-refractivity contribution in [3.05, 3.63) is 64.6 Å². The van der Waals surface area contributed by atoms with E-state index in [4.69, 9.17) is 0 Å². The number of pyridine rings is 1. The number of aliphatic carboxylic acids is 1. The second kappa shape index (κ2) is 13.0. The van der Waals surface area contributed by atoms with Crippen LogP contribution in [0.25, 0.3) is 0 Å². The minimum absolute atomic E-state index is 0.178. The summed E-state index contributed by atoms with van der Waals surface area (Å²) >= 11 is 0. The highest BCUT2D eigenvalue weighted by molar-refractivity contribution is 5.98. The van der Waals surface area contributed by atoms with E-state index in [1.807, 2.05) is 0 Å². The summed E-state index contributed by atoms with van der Waals surface area (Å²) in [7, 11) is 0. The molecule has 10 nitrogen and oxygen atoms in total. The number of Topliss-reactive ketones (excluding diaryl/α,β-unsaturated/α-hetero) is 1. The van der Waals surface area contributed by atoms with E-state index in [0.29, 0.717) is 18.1 Å². The van der Waals surface area contributed by atoms with E-state index < -0.39 is 48.4 Å². The fourth-order valence-electron chi connectivity index (χ4n) is 3.50. The SMILES string of the molecule is CCN(CC)C(=O)Nc1cccn(N(C(=O)CCc2ccccc2)[C@H](CC(=O)O)C(=O)CF)c1=O. The third-order valence-corrected chi connectivity index (χ3v) is 5.35. The van der Waals surface area contributed by atoms with Crippen molar-refractivity contribution in [3.8, 4) is 0 Å². The Kier molecular flexibility index (Phi) is 10.1. The molecule has 11 heteroatoms. The third-order valence-electron chi connectivity index (χ3n) is 5.35. The summed E-state index contributed by atoms with van der Waals surface area (Å²) < 4.78 is 14.1. The molecule has 0 bridgehead atoms. The number of urea groups is 1. The lowest BCUT2D eigenvalue weighted by Crippen LogP contribution is -2.56. The number of carbonyl (C=O) groups excluding carboxylic acids is 3. The Labute approximate surface area is 201 Å². The monoisotopic (exact) mass is 488 g/mol. The molecule has 0 spiro atoms. The van der Waals surface area contributed by atoms with Crippen molar-refractivity contribution in [2.45, 2.75) is 39.2 Å². The highest BCUT2D eigenvalue weighted by Crippen LogP contribution is 2.12. The largest absolute Gasteiger partial charge is 0.481 e. The molecule has 0 saturated heterocycles. The zero-order chi connectivity index (χ0) is 26.0. The fraction of sp³-hybridized carbons (Fsp3) is 0.375. The number of nitrogens with one attached hydrogen (secondary N) is 1. The van der Waals surface area contributed by atoms with Crippen molar-refractivity contribution >= 4 is 29.4 Å². The highest BCUT2D eigenvalue weighted by Gasteiger charge is 2.34. The summed E-state index contributed by atoms with van der Waals surface area (Å²) in [5.41, 5.74) is -0.255. The Morgan fingerprint density at radius 3 is 2.29 bits per heavy atom. The summed E-state index contributed by atoms with van der Waals surface area (Å²) in [5, 5.41) is 12.5. The molecule has 1 aromatic carbocycles. The molecule has 0 aliphatic heterocycles. The first-order valence-electron chi connectivity index (χ1n) is 11.2. The Morgan fingerprint density at radius 1 is 1.06 bits per heavy atom. The zero-order valence-corrected chi connectivity index (χ0v) is 19.6. The number of nitrogens with zero attached hydrogens (tertiary/aromatic N) is 3. The number of aromatic nitrogens is 1. The van der Waals surface area contributed by atoms with Gasteiger partial charge in [-0.3, -0.25) is 19.2 Å². The van der Waals surface area contributed by atoms with Gasteiger partial charge in [-0.1, -0.05) is 30.3 Å². The van der Waals surface area contributed by atoms with Crippen LogP contribution >= 0.6 is 0 Å². The molecule has 0 saturated carbocycles. The second-order valence-electron chi connectivity index (χ2n) is 7.61. The standard InChI is InChI=1S/C24H29FN4O6/c1-3-27(4-2)24(35)26-18-11-8-14-28(23(18)34)29(19(15-22(32)33)20(30)16-25)21(31)13-12-17-9-6-5-7-10-17/h5-11,14,19H,3-4,12-13,15-16H2,1-2H3,(H,26,35)(H,32,33)/t19-/m1/s1. The van der Waals surface area contributed by atoms with Crippen LogP contribution in [0, 0.1) is 0 Å². The molecule has 0 aliphatic carbocycles. The smallest absolute Gasteiger partial charge is 0.321 e. The maximum absolute atomic E-state index is 13.4. The number of benzene rings is 1. The van der Waals surface area contributed by atoms with Crippen molar-refractivity contribution in [2.24, 2.45) is 0 Å². The predicted octanol–water partition coefficient (Wildman–Crippen LogP) is 2.20. The van der Waals surface area contributed by atoms with Crippen molar-refractivity contribution in [1.82, 2.24) is 9.58 Å². The number of hydrogen-bond acceptors (Lipinski definition) is 5. The van der Waals surface area contributed by atoms with Gasteiger partial charge in [-0.05, 0) is 38.0 Å². The van der Waals surface area contributed by atoms with Gasteiger partial charge >= 0.3 is 12.0 Å². The Morgan fingerprint density at radius 2 is 1.71 bits per heavy atom. The molecule has 0 aliphatic rings. The van der Waals surface area contributed by atoms with E-state index in [1.165, 1.54) is 17.0 Å². The highest BCUT2D eigenvalue weighted by atomic mass is 19.1. The summed E-state index contributed by atoms with van der Waals surface area (Å²) in [6, 6.07) is 9.31. The minimum Gasteiger partial charge on any atom is -0.481 e. The minimum atomic E-state index is -1.76. The first kappa shape index (κ1) is 27.2. The number of hydrogen-bond donors (Lipinski definition) is 2. The van der Waals surface area contributed by atoms with Crippen molar-refractivity contribution in [2.75, 3.05) is 30.1 Å². The van der Waals surface area contributed by atoms with E-state index >= 15 is 0 Å². The number of ketones is 1. The number of carbonyl (C=O) groups is 4. The first-order valence-corrected chi connectivity index (χ1v) is 11.2. The molecule has 0 radical (unpaired) electrons. The maximum atomic E-state index is 13.4. The van der Waals surface area contributed by atoms with Crippen LogP contribution in [0.4, 0.5) is 14.9 Å². The maximum Gasteiger partial charge on any atom is 0.321 e. The van der Waals surface area contributed by atoms with Gasteiger partial charge in [0.05, 0.1) is 6.42 Å². The van der Waals surface area contributed by atoms with Crippen LogP contribution in [-0.4, -0.2) is 64.2 Å². The summed E-state index contributed by atoms with van der Waals surface area (Å²) in [4.78, 5) is 64.1. The molecule has 2 rings (SSSR count). The number of carboxylic acid groups (broad SMARTS) is 1. The Hall–Kier alpha value is -4.02. The number of alkyl halides is 1. The van der Waals surface area contributed by atoms with E-state index in [0.717, 1.165) is 16.4 Å². The van der Waals surface area contributed by atoms with Crippen molar-refractivity contribution in [3.63, 3.8) is 0 Å². The molecule has 1 heterocycles. The number of rotatable bonds is 12. The predicted molar refractivity (Wildman–Crippen MR) is 128 cm³/mol. The van der Waals surface area contributed by atoms with E-state index in [-0.39, 0.29) is 18.5 Å². The normalized spacial score (nSPS) is 11.4. The van der Waals surface area contributed by atoms with Crippen molar-refractivity contribution in [1.29, 1.82) is 0 Å². The van der Waals surface area contributed by atoms with Gasteiger partial charge in [0.25, 0.3) is 5.56 Å². The quantitative estimate of drug-likeness (QED) is 0.471. The Bertz CT molecular complexity index is 1100. The molecule has 188 valence electrons. The van der Waals surface area contributed by atoms with Gasteiger partial charge in [-0.25, -0.2) is 18.9 Å². The third kappa shape index (κ3) is 7.23. The molecule has 0 unspecified atom stereocenters. The average Bonchev–Trinajstić information content (AvgIpc) is 2.85. The molecule has 2 aromatic rings. The van der Waals surface area contributed by atoms with E-state index in [1.54, 1.807) is 44.2 Å². The Balaban J connectivity index is 2.49. The van der Waals surface area contributed by atoms with Crippen LogP contribution in [-0.2, 0) is 20.8 Å². The van der Waals surface area contributed by atoms with Gasteiger partial charge in [0.1, 0.15) is 18.4 Å². The first-order chi connectivity index (χ1) is 16.7. The molecular weight excluding hydrogens is 459 g/mol. The van der Waals surface area contributed by atoms with Crippen LogP contribution in [0.1, 0.15) is 32.3 Å². The zero-order valence-electron chi connectivity index (χ0n) is 19.6. The topological polar surface area (TPSA) is 129 Å². The van der Waals surface area contributed by atoms with Gasteiger partial charge in [-0.2, -0.15) is 0 Å². The molecule has 1 aromatic heterocycles. The number of aryl methyl sites for hydroxylation is 1. The van der Waals surface area contributed by atoms with Crippen LogP contribution in [0.2, 0.25) is 0 Å².